The van der Waals surface area contributed by atoms with Crippen LogP contribution >= 0.6 is 11.6 Å². The van der Waals surface area contributed by atoms with E-state index in [1.54, 1.807) is 18.5 Å². The van der Waals surface area contributed by atoms with Gasteiger partial charge in [0.25, 0.3) is 0 Å². The van der Waals surface area contributed by atoms with Crippen molar-refractivity contribution in [2.75, 3.05) is 39.0 Å². The SMILES string of the molecule is Cc1cc(Cl)cc(N)c1N=CC(/C=C\CNCCCC1CCN(C)CC1)=C/N. The number of hydrogen-bond acceptors (Lipinski definition) is 5. The number of halogens is 1. The minimum atomic E-state index is 0.563. The Hall–Kier alpha value is -1.82. The molecule has 154 valence electrons. The molecule has 0 radical (unpaired) electrons. The number of hydrogen-bond donors (Lipinski definition) is 3. The van der Waals surface area contributed by atoms with Gasteiger partial charge in [-0.15, -0.1) is 0 Å². The second-order valence-corrected chi connectivity index (χ2v) is 8.02. The van der Waals surface area contributed by atoms with Gasteiger partial charge in [0.05, 0.1) is 11.4 Å². The van der Waals surface area contributed by atoms with Crippen molar-refractivity contribution in [2.45, 2.75) is 32.6 Å². The minimum absolute atomic E-state index is 0.563. The van der Waals surface area contributed by atoms with Gasteiger partial charge in [-0.1, -0.05) is 23.8 Å². The largest absolute Gasteiger partial charge is 0.404 e. The molecular formula is C22H34ClN5. The van der Waals surface area contributed by atoms with Crippen molar-refractivity contribution in [1.29, 1.82) is 0 Å². The Balaban J connectivity index is 1.69. The summed E-state index contributed by atoms with van der Waals surface area (Å²) in [4.78, 5) is 6.90. The molecule has 5 N–H and O–H groups in total. The third-order valence-electron chi connectivity index (χ3n) is 5.21. The van der Waals surface area contributed by atoms with Crippen LogP contribution in [-0.2, 0) is 0 Å². The molecule has 1 aromatic carbocycles. The second kappa shape index (κ2) is 11.9. The first-order chi connectivity index (χ1) is 13.5. The third-order valence-corrected chi connectivity index (χ3v) is 5.42. The number of anilines is 1. The molecule has 1 heterocycles. The van der Waals surface area contributed by atoms with E-state index in [0.29, 0.717) is 10.7 Å². The van der Waals surface area contributed by atoms with Crippen LogP contribution in [0.25, 0.3) is 0 Å². The third kappa shape index (κ3) is 7.66. The summed E-state index contributed by atoms with van der Waals surface area (Å²) in [6.45, 7) is 6.30. The van der Waals surface area contributed by atoms with Gasteiger partial charge in [0.2, 0.25) is 0 Å². The molecular weight excluding hydrogens is 370 g/mol. The van der Waals surface area contributed by atoms with Crippen LogP contribution in [0.4, 0.5) is 11.4 Å². The standard InChI is InChI=1S/C22H34ClN5/c1-17-13-20(23)14-21(25)22(17)27-16-19(15-24)6-4-10-26-9-3-5-18-7-11-28(2)12-8-18/h4,6,13-16,18,26H,3,5,7-12,24-25H2,1-2H3/b6-4-,19-15+,27-16?. The number of nitrogens with zero attached hydrogens (tertiary/aromatic N) is 2. The molecule has 0 saturated carbocycles. The van der Waals surface area contributed by atoms with Gasteiger partial charge < -0.3 is 21.7 Å². The molecule has 0 aliphatic carbocycles. The van der Waals surface area contributed by atoms with Crippen molar-refractivity contribution in [2.24, 2.45) is 16.6 Å². The Labute approximate surface area is 174 Å². The monoisotopic (exact) mass is 403 g/mol. The number of allylic oxidation sites excluding steroid dienone is 2. The smallest absolute Gasteiger partial charge is 0.0889 e. The molecule has 0 amide bonds. The maximum Gasteiger partial charge on any atom is 0.0889 e. The van der Waals surface area contributed by atoms with E-state index < -0.39 is 0 Å². The average Bonchev–Trinajstić information content (AvgIpc) is 2.66. The van der Waals surface area contributed by atoms with Crippen LogP contribution in [0.2, 0.25) is 5.02 Å². The van der Waals surface area contributed by atoms with E-state index in [1.165, 1.54) is 38.8 Å². The maximum absolute atomic E-state index is 6.00. The van der Waals surface area contributed by atoms with E-state index in [0.717, 1.165) is 35.8 Å². The number of aliphatic imine (C=N–C) groups is 1. The number of nitrogens with one attached hydrogen (secondary N) is 1. The molecule has 2 rings (SSSR count). The Kier molecular flexibility index (Phi) is 9.55. The topological polar surface area (TPSA) is 79.7 Å². The minimum Gasteiger partial charge on any atom is -0.404 e. The summed E-state index contributed by atoms with van der Waals surface area (Å²) in [5, 5.41) is 4.08. The predicted molar refractivity (Wildman–Crippen MR) is 122 cm³/mol. The van der Waals surface area contributed by atoms with E-state index in [1.807, 2.05) is 19.1 Å². The molecule has 28 heavy (non-hydrogen) atoms. The van der Waals surface area contributed by atoms with Crippen molar-refractivity contribution in [3.63, 3.8) is 0 Å². The highest BCUT2D eigenvalue weighted by molar-refractivity contribution is 6.31. The van der Waals surface area contributed by atoms with E-state index >= 15 is 0 Å². The van der Waals surface area contributed by atoms with Gasteiger partial charge in [0.1, 0.15) is 0 Å². The van der Waals surface area contributed by atoms with E-state index in [4.69, 9.17) is 23.1 Å². The van der Waals surface area contributed by atoms with Crippen molar-refractivity contribution >= 4 is 29.2 Å². The lowest BCUT2D eigenvalue weighted by Gasteiger charge is -2.28. The summed E-state index contributed by atoms with van der Waals surface area (Å²) < 4.78 is 0. The van der Waals surface area contributed by atoms with Crippen LogP contribution in [0.5, 0.6) is 0 Å². The molecule has 1 aliphatic rings. The van der Waals surface area contributed by atoms with Crippen LogP contribution in [0, 0.1) is 12.8 Å². The van der Waals surface area contributed by atoms with Crippen molar-refractivity contribution < 1.29 is 0 Å². The van der Waals surface area contributed by atoms with Gasteiger partial charge in [-0.25, -0.2) is 0 Å². The highest BCUT2D eigenvalue weighted by atomic mass is 35.5. The highest BCUT2D eigenvalue weighted by Gasteiger charge is 2.15. The molecule has 0 spiro atoms. The number of piperidine rings is 1. The van der Waals surface area contributed by atoms with Crippen LogP contribution in [0.1, 0.15) is 31.2 Å². The van der Waals surface area contributed by atoms with Crippen molar-refractivity contribution in [3.8, 4) is 0 Å². The number of aryl methyl sites for hydroxylation is 1. The number of benzene rings is 1. The van der Waals surface area contributed by atoms with Gasteiger partial charge in [-0.2, -0.15) is 0 Å². The fourth-order valence-corrected chi connectivity index (χ4v) is 3.75. The zero-order chi connectivity index (χ0) is 20.4. The first kappa shape index (κ1) is 22.5. The summed E-state index contributed by atoms with van der Waals surface area (Å²) in [5.41, 5.74) is 14.8. The Morgan fingerprint density at radius 3 is 2.79 bits per heavy atom. The Morgan fingerprint density at radius 2 is 2.11 bits per heavy atom. The van der Waals surface area contributed by atoms with Gasteiger partial charge in [-0.05, 0) is 82.9 Å². The average molecular weight is 404 g/mol. The van der Waals surface area contributed by atoms with Gasteiger partial charge >= 0.3 is 0 Å². The number of likely N-dealkylation sites (tertiary alicyclic amines) is 1. The van der Waals surface area contributed by atoms with E-state index in [9.17, 15) is 0 Å². The molecule has 0 unspecified atom stereocenters. The quantitative estimate of drug-likeness (QED) is 0.251. The number of rotatable bonds is 9. The Morgan fingerprint density at radius 1 is 1.36 bits per heavy atom. The predicted octanol–water partition coefficient (Wildman–Crippen LogP) is 4.04. The first-order valence-corrected chi connectivity index (χ1v) is 10.4. The van der Waals surface area contributed by atoms with Crippen LogP contribution in [0.15, 0.2) is 41.1 Å². The zero-order valence-corrected chi connectivity index (χ0v) is 17.9. The van der Waals surface area contributed by atoms with Gasteiger partial charge in [-0.3, -0.25) is 4.99 Å². The molecule has 0 atom stereocenters. The summed E-state index contributed by atoms with van der Waals surface area (Å²) >= 11 is 6.00. The molecule has 1 aliphatic heterocycles. The maximum atomic E-state index is 6.00. The fourth-order valence-electron chi connectivity index (χ4n) is 3.47. The molecule has 0 bridgehead atoms. The van der Waals surface area contributed by atoms with Crippen molar-refractivity contribution in [1.82, 2.24) is 10.2 Å². The van der Waals surface area contributed by atoms with E-state index in [2.05, 4.69) is 28.3 Å². The normalized spacial score (nSPS) is 17.2. The van der Waals surface area contributed by atoms with Gasteiger partial charge in [0.15, 0.2) is 0 Å². The van der Waals surface area contributed by atoms with Crippen LogP contribution in [0.3, 0.4) is 0 Å². The molecule has 1 aromatic rings. The van der Waals surface area contributed by atoms with Crippen LogP contribution in [-0.4, -0.2) is 44.3 Å². The summed E-state index contributed by atoms with van der Waals surface area (Å²) in [5.74, 6) is 0.903. The van der Waals surface area contributed by atoms with E-state index in [-0.39, 0.29) is 0 Å². The Bertz CT molecular complexity index is 680. The zero-order valence-electron chi connectivity index (χ0n) is 17.1. The fraction of sp³-hybridized carbons (Fsp3) is 0.500. The number of nitrogen functional groups attached to an aromatic ring is 1. The van der Waals surface area contributed by atoms with Gasteiger partial charge in [0, 0.05) is 29.6 Å². The summed E-state index contributed by atoms with van der Waals surface area (Å²) in [6.07, 6.45) is 12.6. The molecule has 6 heteroatoms. The molecule has 1 saturated heterocycles. The lowest BCUT2D eigenvalue weighted by atomic mass is 9.92. The summed E-state index contributed by atoms with van der Waals surface area (Å²) in [7, 11) is 2.21. The lowest BCUT2D eigenvalue weighted by molar-refractivity contribution is 0.210. The molecule has 0 aromatic heterocycles. The highest BCUT2D eigenvalue weighted by Crippen LogP contribution is 2.30. The summed E-state index contributed by atoms with van der Waals surface area (Å²) in [6, 6.07) is 3.56. The molecule has 1 fully saturated rings. The van der Waals surface area contributed by atoms with Crippen LogP contribution < -0.4 is 16.8 Å². The first-order valence-electron chi connectivity index (χ1n) is 10.1. The number of nitrogens with two attached hydrogens (primary N) is 2. The molecule has 5 nitrogen and oxygen atoms in total. The van der Waals surface area contributed by atoms with Crippen molar-refractivity contribution in [3.05, 3.63) is 46.6 Å². The lowest BCUT2D eigenvalue weighted by Crippen LogP contribution is -2.30. The second-order valence-electron chi connectivity index (χ2n) is 7.58.